The zero-order valence-corrected chi connectivity index (χ0v) is 14.3. The molecule has 2 aliphatic heterocycles. The molecule has 0 aliphatic carbocycles. The van der Waals surface area contributed by atoms with Gasteiger partial charge in [-0.2, -0.15) is 0 Å². The predicted molar refractivity (Wildman–Crippen MR) is 92.2 cm³/mol. The number of amides is 1. The van der Waals surface area contributed by atoms with Crippen molar-refractivity contribution < 1.29 is 19.1 Å². The highest BCUT2D eigenvalue weighted by Gasteiger charge is 2.60. The lowest BCUT2D eigenvalue weighted by Crippen LogP contribution is -2.40. The van der Waals surface area contributed by atoms with E-state index in [0.717, 1.165) is 30.3 Å². The molecular weight excluding hydrogens is 328 g/mol. The summed E-state index contributed by atoms with van der Waals surface area (Å²) < 4.78 is 9.64. The summed E-state index contributed by atoms with van der Waals surface area (Å²) in [4.78, 5) is 29.1. The van der Waals surface area contributed by atoms with Crippen LogP contribution in [0.15, 0.2) is 35.3 Å². The number of amidine groups is 1. The number of cyclic esters (lactones) is 1. The van der Waals surface area contributed by atoms with Gasteiger partial charge in [-0.15, -0.1) is 0 Å². The molecule has 3 rings (SSSR count). The molecule has 1 N–H and O–H groups in total. The number of esters is 1. The van der Waals surface area contributed by atoms with E-state index in [1.54, 1.807) is 0 Å². The third kappa shape index (κ3) is 3.47. The zero-order valence-electron chi connectivity index (χ0n) is 13.5. The van der Waals surface area contributed by atoms with Gasteiger partial charge < -0.3 is 14.8 Å². The van der Waals surface area contributed by atoms with Crippen LogP contribution < -0.4 is 5.32 Å². The van der Waals surface area contributed by atoms with Gasteiger partial charge in [-0.25, -0.2) is 9.79 Å². The van der Waals surface area contributed by atoms with Gasteiger partial charge in [0.2, 0.25) is 4.75 Å². The van der Waals surface area contributed by atoms with Crippen LogP contribution in [0.3, 0.4) is 0 Å². The first-order chi connectivity index (χ1) is 11.6. The minimum Gasteiger partial charge on any atom is -0.458 e. The predicted octanol–water partition coefficient (Wildman–Crippen LogP) is 2.41. The molecule has 2 aliphatic rings. The van der Waals surface area contributed by atoms with Gasteiger partial charge in [0.1, 0.15) is 6.10 Å². The van der Waals surface area contributed by atoms with Gasteiger partial charge in [0.05, 0.1) is 12.3 Å². The number of rotatable bonds is 6. The van der Waals surface area contributed by atoms with Crippen LogP contribution in [0.4, 0.5) is 5.69 Å². The maximum absolute atomic E-state index is 12.4. The second kappa shape index (κ2) is 7.36. The SMILES string of the molecule is CCCCOCC1CC2(SC(=Nc3ccccc3)NC2=O)C(=O)O1. The molecule has 2 atom stereocenters. The molecule has 1 spiro atoms. The summed E-state index contributed by atoms with van der Waals surface area (Å²) in [7, 11) is 0. The fourth-order valence-corrected chi connectivity index (χ4v) is 3.79. The summed E-state index contributed by atoms with van der Waals surface area (Å²) in [6, 6.07) is 9.29. The van der Waals surface area contributed by atoms with E-state index in [1.807, 2.05) is 30.3 Å². The molecule has 0 aromatic heterocycles. The van der Waals surface area contributed by atoms with Gasteiger partial charge in [0.25, 0.3) is 5.91 Å². The largest absolute Gasteiger partial charge is 0.458 e. The third-order valence-corrected chi connectivity index (χ3v) is 5.16. The van der Waals surface area contributed by atoms with Crippen molar-refractivity contribution in [2.75, 3.05) is 13.2 Å². The summed E-state index contributed by atoms with van der Waals surface area (Å²) in [5, 5.41) is 3.12. The molecule has 0 radical (unpaired) electrons. The highest BCUT2D eigenvalue weighted by atomic mass is 32.2. The highest BCUT2D eigenvalue weighted by Crippen LogP contribution is 2.43. The van der Waals surface area contributed by atoms with Crippen molar-refractivity contribution in [1.29, 1.82) is 0 Å². The number of thioether (sulfide) groups is 1. The Hall–Kier alpha value is -1.86. The van der Waals surface area contributed by atoms with Crippen molar-refractivity contribution in [3.05, 3.63) is 30.3 Å². The number of hydrogen-bond donors (Lipinski definition) is 1. The quantitative estimate of drug-likeness (QED) is 0.485. The molecule has 1 aromatic rings. The van der Waals surface area contributed by atoms with Crippen LogP contribution in [0, 0.1) is 0 Å². The normalized spacial score (nSPS) is 27.7. The van der Waals surface area contributed by atoms with E-state index in [9.17, 15) is 9.59 Å². The van der Waals surface area contributed by atoms with Gasteiger partial charge in [0, 0.05) is 13.0 Å². The van der Waals surface area contributed by atoms with Gasteiger partial charge in [-0.05, 0) is 18.6 Å². The van der Waals surface area contributed by atoms with E-state index in [4.69, 9.17) is 9.47 Å². The lowest BCUT2D eigenvalue weighted by atomic mass is 10.0. The highest BCUT2D eigenvalue weighted by molar-refractivity contribution is 8.17. The maximum atomic E-state index is 12.4. The van der Waals surface area contributed by atoms with Crippen molar-refractivity contribution >= 4 is 34.5 Å². The standard InChI is InChI=1S/C17H20N2O4S/c1-2-3-9-22-11-13-10-17(15(21)23-13)14(20)19-16(24-17)18-12-7-5-4-6-8-12/h4-8,13H,2-3,9-11H2,1H3,(H,18,19,20). The molecule has 2 unspecified atom stereocenters. The Morgan fingerprint density at radius 3 is 2.92 bits per heavy atom. The third-order valence-electron chi connectivity index (χ3n) is 3.91. The molecule has 0 bridgehead atoms. The molecule has 2 fully saturated rings. The van der Waals surface area contributed by atoms with Crippen molar-refractivity contribution in [2.24, 2.45) is 4.99 Å². The number of ether oxygens (including phenoxy) is 2. The number of carbonyl (C=O) groups is 2. The van der Waals surface area contributed by atoms with E-state index < -0.39 is 10.7 Å². The number of nitrogens with one attached hydrogen (secondary N) is 1. The summed E-state index contributed by atoms with van der Waals surface area (Å²) in [6.07, 6.45) is 1.94. The lowest BCUT2D eigenvalue weighted by molar-refractivity contribution is -0.146. The first kappa shape index (κ1) is 17.0. The van der Waals surface area contributed by atoms with Crippen LogP contribution in [0.2, 0.25) is 0 Å². The monoisotopic (exact) mass is 348 g/mol. The summed E-state index contributed by atoms with van der Waals surface area (Å²) in [6.45, 7) is 3.05. The smallest absolute Gasteiger partial charge is 0.332 e. The number of aliphatic imine (C=N–C) groups is 1. The Balaban J connectivity index is 1.66. The van der Waals surface area contributed by atoms with Crippen LogP contribution in [0.25, 0.3) is 0 Å². The molecule has 24 heavy (non-hydrogen) atoms. The van der Waals surface area contributed by atoms with Gasteiger partial charge in [-0.1, -0.05) is 43.3 Å². The van der Waals surface area contributed by atoms with Crippen molar-refractivity contribution in [3.63, 3.8) is 0 Å². The fourth-order valence-electron chi connectivity index (χ4n) is 2.62. The Labute approximate surface area is 145 Å². The van der Waals surface area contributed by atoms with E-state index in [2.05, 4.69) is 17.2 Å². The van der Waals surface area contributed by atoms with E-state index in [1.165, 1.54) is 0 Å². The number of unbranched alkanes of at least 4 members (excludes halogenated alkanes) is 1. The molecular formula is C17H20N2O4S. The topological polar surface area (TPSA) is 77.0 Å². The molecule has 6 nitrogen and oxygen atoms in total. The van der Waals surface area contributed by atoms with Crippen molar-refractivity contribution in [1.82, 2.24) is 5.32 Å². The van der Waals surface area contributed by atoms with Gasteiger partial charge in [-0.3, -0.25) is 4.79 Å². The average molecular weight is 348 g/mol. The lowest BCUT2D eigenvalue weighted by Gasteiger charge is -2.11. The van der Waals surface area contributed by atoms with Crippen LogP contribution in [0.1, 0.15) is 26.2 Å². The van der Waals surface area contributed by atoms with Crippen LogP contribution in [0.5, 0.6) is 0 Å². The Kier molecular flexibility index (Phi) is 5.20. The zero-order chi connectivity index (χ0) is 17.0. The molecule has 128 valence electrons. The maximum Gasteiger partial charge on any atom is 0.332 e. The molecule has 1 amide bonds. The first-order valence-corrected chi connectivity index (χ1v) is 8.89. The van der Waals surface area contributed by atoms with Crippen LogP contribution in [-0.2, 0) is 19.1 Å². The van der Waals surface area contributed by atoms with E-state index in [-0.39, 0.29) is 12.0 Å². The average Bonchev–Trinajstić information content (AvgIpc) is 3.05. The Morgan fingerprint density at radius 1 is 1.38 bits per heavy atom. The fraction of sp³-hybridized carbons (Fsp3) is 0.471. The number of benzene rings is 1. The second-order valence-electron chi connectivity index (χ2n) is 5.80. The molecule has 0 saturated carbocycles. The molecule has 7 heteroatoms. The van der Waals surface area contributed by atoms with Gasteiger partial charge >= 0.3 is 5.97 Å². The Bertz CT molecular complexity index is 649. The Morgan fingerprint density at radius 2 is 2.17 bits per heavy atom. The molecule has 2 saturated heterocycles. The number of hydrogen-bond acceptors (Lipinski definition) is 6. The summed E-state index contributed by atoms with van der Waals surface area (Å²) >= 11 is 1.14. The number of nitrogens with zero attached hydrogens (tertiary/aromatic N) is 1. The van der Waals surface area contributed by atoms with Crippen molar-refractivity contribution in [3.8, 4) is 0 Å². The molecule has 2 heterocycles. The van der Waals surface area contributed by atoms with Crippen LogP contribution >= 0.6 is 11.8 Å². The van der Waals surface area contributed by atoms with E-state index >= 15 is 0 Å². The number of carbonyl (C=O) groups excluding carboxylic acids is 2. The number of para-hydroxylation sites is 1. The second-order valence-corrected chi connectivity index (χ2v) is 7.08. The van der Waals surface area contributed by atoms with E-state index in [0.29, 0.717) is 24.8 Å². The first-order valence-electron chi connectivity index (χ1n) is 8.07. The summed E-state index contributed by atoms with van der Waals surface area (Å²) in [5.41, 5.74) is 0.725. The minimum absolute atomic E-state index is 0.308. The minimum atomic E-state index is -1.23. The van der Waals surface area contributed by atoms with Gasteiger partial charge in [0.15, 0.2) is 5.17 Å². The van der Waals surface area contributed by atoms with Crippen molar-refractivity contribution in [2.45, 2.75) is 37.0 Å². The van der Waals surface area contributed by atoms with Crippen LogP contribution in [-0.4, -0.2) is 41.1 Å². The molecule has 1 aromatic carbocycles. The summed E-state index contributed by atoms with van der Waals surface area (Å²) in [5.74, 6) is -0.865.